The summed E-state index contributed by atoms with van der Waals surface area (Å²) in [6.07, 6.45) is 1.25. The first-order chi connectivity index (χ1) is 18.2. The molecule has 199 valence electrons. The average molecular weight is 529 g/mol. The van der Waals surface area contributed by atoms with Crippen LogP contribution in [-0.4, -0.2) is 71.3 Å². The number of fused-ring (bicyclic) bond motifs is 1. The van der Waals surface area contributed by atoms with E-state index in [1.165, 1.54) is 17.0 Å². The molecule has 0 bridgehead atoms. The lowest BCUT2D eigenvalue weighted by Crippen LogP contribution is -2.50. The van der Waals surface area contributed by atoms with E-state index in [4.69, 9.17) is 9.47 Å². The van der Waals surface area contributed by atoms with Crippen molar-refractivity contribution in [3.8, 4) is 5.69 Å². The lowest BCUT2D eigenvalue weighted by atomic mass is 9.75. The number of imidazole rings is 1. The number of methoxy groups -OCH3 is 1. The first-order valence-corrected chi connectivity index (χ1v) is 12.3. The number of hydrogen-bond acceptors (Lipinski definition) is 6. The van der Waals surface area contributed by atoms with Gasteiger partial charge in [0.15, 0.2) is 0 Å². The van der Waals surface area contributed by atoms with Crippen molar-refractivity contribution in [2.24, 2.45) is 10.2 Å². The highest BCUT2D eigenvalue weighted by molar-refractivity contribution is 5.58. The van der Waals surface area contributed by atoms with Gasteiger partial charge in [-0.25, -0.2) is 9.37 Å². The van der Waals surface area contributed by atoms with Crippen LogP contribution in [0.25, 0.3) is 11.2 Å². The fourth-order valence-electron chi connectivity index (χ4n) is 5.28. The topological polar surface area (TPSA) is 75.8 Å². The lowest BCUT2D eigenvalue weighted by molar-refractivity contribution is -0.478. The molecule has 2 aromatic heterocycles. The molecule has 2 fully saturated rings. The van der Waals surface area contributed by atoms with E-state index in [9.17, 15) is 18.0 Å². The maximum absolute atomic E-state index is 14.1. The second-order valence-corrected chi connectivity index (χ2v) is 10.2. The van der Waals surface area contributed by atoms with Gasteiger partial charge in [-0.05, 0) is 34.4 Å². The Morgan fingerprint density at radius 1 is 1.21 bits per heavy atom. The molecule has 12 heteroatoms. The maximum Gasteiger partial charge on any atom is 0.418 e. The molecular weight excluding hydrogens is 501 g/mol. The summed E-state index contributed by atoms with van der Waals surface area (Å²) >= 11 is 0. The van der Waals surface area contributed by atoms with Crippen LogP contribution in [0, 0.1) is 6.17 Å². The number of alkyl halides is 3. The van der Waals surface area contributed by atoms with Gasteiger partial charge in [0.25, 0.3) is 0 Å². The highest BCUT2D eigenvalue weighted by Gasteiger charge is 2.46. The fourth-order valence-corrected chi connectivity index (χ4v) is 5.28. The minimum atomic E-state index is -4.62. The number of hydrogen-bond donors (Lipinski definition) is 0. The number of halogens is 3. The minimum Gasteiger partial charge on any atom is -0.379 e. The number of likely N-dealkylation sites (tertiary alicyclic amines) is 1. The SMILES string of the molecule is COC1CN(Cc2cc(C(F)(F)F)c3cn(-c4cccc(C5(C[C]6N=NC=[N+]6C)COC5)c4)c(=O)n3c2)C1. The van der Waals surface area contributed by atoms with Gasteiger partial charge >= 0.3 is 24.4 Å². The van der Waals surface area contributed by atoms with E-state index in [0.717, 1.165) is 22.2 Å². The standard InChI is InChI=1S/C26H27F3N6O3/c1-32-16-30-31-23(32)8-25(14-38-15-25)18-4-3-5-19(7-18)34-13-22-21(26(27,28)29)6-17(10-35(22)24(34)36)9-33-11-20(12-33)37-2/h3-7,10,13,16,20H,8-9,11-12,14-15H2,1-2H3/q+1. The van der Waals surface area contributed by atoms with Crippen molar-refractivity contribution in [2.45, 2.75) is 30.7 Å². The molecule has 3 aliphatic rings. The first-order valence-electron chi connectivity index (χ1n) is 12.3. The van der Waals surface area contributed by atoms with Gasteiger partial charge in [-0.3, -0.25) is 13.9 Å². The van der Waals surface area contributed by atoms with Crippen LogP contribution in [0.3, 0.4) is 0 Å². The van der Waals surface area contributed by atoms with Gasteiger partial charge in [-0.15, -0.1) is 0 Å². The molecular formula is C26H27F3N6O3+. The largest absolute Gasteiger partial charge is 0.418 e. The van der Waals surface area contributed by atoms with Crippen LogP contribution in [0.4, 0.5) is 13.2 Å². The maximum atomic E-state index is 14.1. The van der Waals surface area contributed by atoms with E-state index in [-0.39, 0.29) is 17.0 Å². The third-order valence-electron chi connectivity index (χ3n) is 7.59. The number of pyridine rings is 1. The van der Waals surface area contributed by atoms with Crippen LogP contribution in [0.1, 0.15) is 23.1 Å². The normalized spacial score (nSPS) is 20.1. The van der Waals surface area contributed by atoms with Gasteiger partial charge < -0.3 is 9.47 Å². The summed E-state index contributed by atoms with van der Waals surface area (Å²) in [5, 5.41) is 8.15. The summed E-state index contributed by atoms with van der Waals surface area (Å²) < 4.78 is 57.3. The van der Waals surface area contributed by atoms with E-state index >= 15 is 0 Å². The first kappa shape index (κ1) is 25.0. The summed E-state index contributed by atoms with van der Waals surface area (Å²) in [5.74, 6) is 0. The lowest BCUT2D eigenvalue weighted by Gasteiger charge is -2.42. The van der Waals surface area contributed by atoms with Crippen LogP contribution in [0.2, 0.25) is 0 Å². The molecule has 2 saturated heterocycles. The molecule has 0 N–H and O–H groups in total. The van der Waals surface area contributed by atoms with E-state index < -0.39 is 17.4 Å². The number of nitrogens with zero attached hydrogens (tertiary/aromatic N) is 6. The summed E-state index contributed by atoms with van der Waals surface area (Å²) in [6, 6.07) is 8.46. The third-order valence-corrected chi connectivity index (χ3v) is 7.59. The molecule has 5 heterocycles. The molecule has 0 saturated carbocycles. The van der Waals surface area contributed by atoms with Gasteiger partial charge in [0, 0.05) is 51.0 Å². The van der Waals surface area contributed by atoms with E-state index in [2.05, 4.69) is 10.2 Å². The molecule has 0 spiro atoms. The fraction of sp³-hybridized carbons (Fsp3) is 0.423. The Kier molecular flexibility index (Phi) is 6.00. The van der Waals surface area contributed by atoms with Crippen molar-refractivity contribution in [1.29, 1.82) is 0 Å². The van der Waals surface area contributed by atoms with Gasteiger partial charge in [-0.2, -0.15) is 13.2 Å². The van der Waals surface area contributed by atoms with Gasteiger partial charge in [0.05, 0.1) is 48.2 Å². The summed E-state index contributed by atoms with van der Waals surface area (Å²) in [5.41, 5.74) is -0.110. The predicted octanol–water partition coefficient (Wildman–Crippen LogP) is 3.22. The number of ether oxygens (including phenoxy) is 2. The van der Waals surface area contributed by atoms with Crippen LogP contribution >= 0.6 is 0 Å². The number of aromatic nitrogens is 2. The summed E-state index contributed by atoms with van der Waals surface area (Å²) in [7, 11) is 3.48. The Hall–Kier alpha value is -3.35. The minimum absolute atomic E-state index is 0.0786. The van der Waals surface area contributed by atoms with Crippen molar-refractivity contribution >= 4 is 11.9 Å². The Balaban J connectivity index is 1.38. The molecule has 0 aliphatic carbocycles. The number of benzene rings is 1. The molecule has 6 rings (SSSR count). The summed E-state index contributed by atoms with van der Waals surface area (Å²) in [4.78, 5) is 15.4. The quantitative estimate of drug-likeness (QED) is 0.442. The Morgan fingerprint density at radius 2 is 2.00 bits per heavy atom. The van der Waals surface area contributed by atoms with Crippen molar-refractivity contribution in [1.82, 2.24) is 13.9 Å². The summed E-state index contributed by atoms with van der Waals surface area (Å²) in [6.45, 7) is 2.52. The molecule has 1 radical (unpaired) electrons. The van der Waals surface area contributed by atoms with Crippen LogP contribution < -0.4 is 5.69 Å². The highest BCUT2D eigenvalue weighted by atomic mass is 19.4. The van der Waals surface area contributed by atoms with E-state index in [1.807, 2.05) is 34.7 Å². The highest BCUT2D eigenvalue weighted by Crippen LogP contribution is 2.41. The van der Waals surface area contributed by atoms with Gasteiger partial charge in [0.2, 0.25) is 0 Å². The monoisotopic (exact) mass is 528 g/mol. The molecule has 3 aliphatic heterocycles. The molecule has 3 aromatic rings. The molecule has 0 amide bonds. The van der Waals surface area contributed by atoms with Crippen LogP contribution in [-0.2, 0) is 27.6 Å². The zero-order valence-corrected chi connectivity index (χ0v) is 21.0. The van der Waals surface area contributed by atoms with Crippen molar-refractivity contribution in [2.75, 3.05) is 40.5 Å². The molecule has 38 heavy (non-hydrogen) atoms. The second kappa shape index (κ2) is 9.14. The number of azo groups is 1. The van der Waals surface area contributed by atoms with Crippen LogP contribution in [0.15, 0.2) is 57.7 Å². The number of rotatable bonds is 7. The molecule has 0 unspecified atom stereocenters. The van der Waals surface area contributed by atoms with Gasteiger partial charge in [0.1, 0.15) is 0 Å². The predicted molar refractivity (Wildman–Crippen MR) is 132 cm³/mol. The van der Waals surface area contributed by atoms with Crippen molar-refractivity contribution in [3.63, 3.8) is 0 Å². The van der Waals surface area contributed by atoms with Gasteiger partial charge in [-0.1, -0.05) is 12.1 Å². The van der Waals surface area contributed by atoms with Crippen LogP contribution in [0.5, 0.6) is 0 Å². The third kappa shape index (κ3) is 4.26. The molecule has 9 nitrogen and oxygen atoms in total. The smallest absolute Gasteiger partial charge is 0.379 e. The zero-order chi connectivity index (χ0) is 26.7. The van der Waals surface area contributed by atoms with E-state index in [1.54, 1.807) is 19.5 Å². The Labute approximate surface area is 216 Å². The van der Waals surface area contributed by atoms with Crippen molar-refractivity contribution < 1.29 is 27.2 Å². The zero-order valence-electron chi connectivity index (χ0n) is 21.0. The Bertz CT molecular complexity index is 1500. The molecule has 0 atom stereocenters. The second-order valence-electron chi connectivity index (χ2n) is 10.2. The Morgan fingerprint density at radius 3 is 2.63 bits per heavy atom. The van der Waals surface area contributed by atoms with E-state index in [0.29, 0.717) is 50.5 Å². The average Bonchev–Trinajstić information content (AvgIpc) is 3.39. The van der Waals surface area contributed by atoms with Crippen molar-refractivity contribution in [3.05, 3.63) is 76.1 Å². The molecule has 1 aromatic carbocycles.